The molecule has 0 radical (unpaired) electrons. The molecule has 2 rings (SSSR count). The Morgan fingerprint density at radius 1 is 1.56 bits per heavy atom. The van der Waals surface area contributed by atoms with Crippen LogP contribution < -0.4 is 4.74 Å². The summed E-state index contributed by atoms with van der Waals surface area (Å²) in [7, 11) is 1.57. The van der Waals surface area contributed by atoms with E-state index >= 15 is 0 Å². The Bertz CT molecular complexity index is 490. The standard InChI is InChI=1S/C14H15ClO3/c1-18-13-5-2-9(7-12(13)15)6-11(8-14(16)17)10-3-4-10/h2,5,7-8,10H,3-4,6H2,1H3,(H,16,17)/b11-8-. The van der Waals surface area contributed by atoms with E-state index in [0.717, 1.165) is 24.0 Å². The monoisotopic (exact) mass is 266 g/mol. The lowest BCUT2D eigenvalue weighted by molar-refractivity contribution is -0.131. The van der Waals surface area contributed by atoms with E-state index in [-0.39, 0.29) is 0 Å². The van der Waals surface area contributed by atoms with Gasteiger partial charge in [0.2, 0.25) is 0 Å². The zero-order chi connectivity index (χ0) is 13.1. The minimum absolute atomic E-state index is 0.432. The van der Waals surface area contributed by atoms with Crippen LogP contribution in [0, 0.1) is 5.92 Å². The molecule has 0 unspecified atom stereocenters. The number of allylic oxidation sites excluding steroid dienone is 1. The van der Waals surface area contributed by atoms with Crippen molar-refractivity contribution in [1.29, 1.82) is 0 Å². The lowest BCUT2D eigenvalue weighted by Gasteiger charge is -2.08. The van der Waals surface area contributed by atoms with Crippen molar-refractivity contribution >= 4 is 17.6 Å². The lowest BCUT2D eigenvalue weighted by atomic mass is 10.0. The highest BCUT2D eigenvalue weighted by Gasteiger charge is 2.26. The van der Waals surface area contributed by atoms with Gasteiger partial charge in [-0.2, -0.15) is 0 Å². The number of hydrogen-bond acceptors (Lipinski definition) is 2. The predicted octanol–water partition coefficient (Wildman–Crippen LogP) is 3.31. The van der Waals surface area contributed by atoms with E-state index < -0.39 is 5.97 Å². The van der Waals surface area contributed by atoms with Gasteiger partial charge in [0.05, 0.1) is 12.1 Å². The highest BCUT2D eigenvalue weighted by atomic mass is 35.5. The minimum Gasteiger partial charge on any atom is -0.495 e. The van der Waals surface area contributed by atoms with E-state index in [1.807, 2.05) is 18.2 Å². The molecule has 4 heteroatoms. The van der Waals surface area contributed by atoms with Crippen molar-refractivity contribution in [2.24, 2.45) is 5.92 Å². The summed E-state index contributed by atoms with van der Waals surface area (Å²) < 4.78 is 5.09. The van der Waals surface area contributed by atoms with E-state index in [1.165, 1.54) is 6.08 Å². The molecule has 1 fully saturated rings. The average molecular weight is 267 g/mol. The third-order valence-corrected chi connectivity index (χ3v) is 3.33. The molecule has 1 N–H and O–H groups in total. The summed E-state index contributed by atoms with van der Waals surface area (Å²) in [6.45, 7) is 0. The number of carboxylic acids is 1. The number of methoxy groups -OCH3 is 1. The van der Waals surface area contributed by atoms with Crippen LogP contribution >= 0.6 is 11.6 Å². The molecule has 1 aromatic carbocycles. The van der Waals surface area contributed by atoms with Crippen LogP contribution in [0.3, 0.4) is 0 Å². The summed E-state index contributed by atoms with van der Waals surface area (Å²) >= 11 is 6.05. The maximum Gasteiger partial charge on any atom is 0.328 e. The smallest absolute Gasteiger partial charge is 0.328 e. The second-order valence-corrected chi connectivity index (χ2v) is 4.88. The van der Waals surface area contributed by atoms with Gasteiger partial charge in [-0.3, -0.25) is 0 Å². The fraction of sp³-hybridized carbons (Fsp3) is 0.357. The third-order valence-electron chi connectivity index (χ3n) is 3.04. The number of carbonyl (C=O) groups is 1. The van der Waals surface area contributed by atoms with Gasteiger partial charge in [-0.25, -0.2) is 4.79 Å². The molecule has 0 heterocycles. The first-order valence-electron chi connectivity index (χ1n) is 5.86. The number of rotatable bonds is 5. The van der Waals surface area contributed by atoms with Crippen LogP contribution in [0.1, 0.15) is 18.4 Å². The first kappa shape index (κ1) is 13.0. The van der Waals surface area contributed by atoms with E-state index in [1.54, 1.807) is 7.11 Å². The summed E-state index contributed by atoms with van der Waals surface area (Å²) in [4.78, 5) is 10.8. The Morgan fingerprint density at radius 2 is 2.28 bits per heavy atom. The molecule has 0 saturated heterocycles. The summed E-state index contributed by atoms with van der Waals surface area (Å²) in [5, 5.41) is 9.41. The SMILES string of the molecule is COc1ccc(C/C(=C/C(=O)O)C2CC2)cc1Cl. The lowest BCUT2D eigenvalue weighted by Crippen LogP contribution is -1.98. The molecule has 0 spiro atoms. The van der Waals surface area contributed by atoms with Gasteiger partial charge in [0.1, 0.15) is 5.75 Å². The molecule has 1 aliphatic carbocycles. The Labute approximate surface area is 111 Å². The number of carboxylic acid groups (broad SMARTS) is 1. The third kappa shape index (κ3) is 3.26. The van der Waals surface area contributed by atoms with Crippen LogP contribution in [0.2, 0.25) is 5.02 Å². The van der Waals surface area contributed by atoms with Crippen LogP contribution in [0.25, 0.3) is 0 Å². The van der Waals surface area contributed by atoms with Crippen molar-refractivity contribution in [1.82, 2.24) is 0 Å². The highest BCUT2D eigenvalue weighted by molar-refractivity contribution is 6.32. The molecule has 18 heavy (non-hydrogen) atoms. The Morgan fingerprint density at radius 3 is 2.78 bits per heavy atom. The summed E-state index contributed by atoms with van der Waals surface area (Å²) in [5.74, 6) is 0.189. The minimum atomic E-state index is -0.878. The van der Waals surface area contributed by atoms with Crippen molar-refractivity contribution in [3.8, 4) is 5.75 Å². The molecule has 0 aromatic heterocycles. The van der Waals surface area contributed by atoms with Crippen molar-refractivity contribution in [2.75, 3.05) is 7.11 Å². The normalized spacial score (nSPS) is 15.6. The van der Waals surface area contributed by atoms with E-state index in [4.69, 9.17) is 21.4 Å². The summed E-state index contributed by atoms with van der Waals surface area (Å²) in [6, 6.07) is 5.56. The fourth-order valence-corrected chi connectivity index (χ4v) is 2.26. The zero-order valence-corrected chi connectivity index (χ0v) is 10.9. The fourth-order valence-electron chi connectivity index (χ4n) is 1.98. The van der Waals surface area contributed by atoms with Crippen molar-refractivity contribution in [2.45, 2.75) is 19.3 Å². The second kappa shape index (κ2) is 5.44. The van der Waals surface area contributed by atoms with E-state index in [0.29, 0.717) is 23.1 Å². The molecule has 1 aromatic rings. The van der Waals surface area contributed by atoms with Gasteiger partial charge < -0.3 is 9.84 Å². The highest BCUT2D eigenvalue weighted by Crippen LogP contribution is 2.38. The Kier molecular flexibility index (Phi) is 3.92. The van der Waals surface area contributed by atoms with Gasteiger partial charge in [0, 0.05) is 6.08 Å². The van der Waals surface area contributed by atoms with Gasteiger partial charge >= 0.3 is 5.97 Å². The van der Waals surface area contributed by atoms with Gasteiger partial charge in [0.25, 0.3) is 0 Å². The average Bonchev–Trinajstić information content (AvgIpc) is 3.11. The quantitative estimate of drug-likeness (QED) is 0.832. The molecule has 0 atom stereocenters. The van der Waals surface area contributed by atoms with Crippen LogP contribution in [-0.4, -0.2) is 18.2 Å². The topological polar surface area (TPSA) is 46.5 Å². The molecule has 0 aliphatic heterocycles. The van der Waals surface area contributed by atoms with E-state index in [2.05, 4.69) is 0 Å². The molecule has 3 nitrogen and oxygen atoms in total. The summed E-state index contributed by atoms with van der Waals surface area (Å²) in [6.07, 6.45) is 4.14. The van der Waals surface area contributed by atoms with Crippen molar-refractivity contribution < 1.29 is 14.6 Å². The van der Waals surface area contributed by atoms with Gasteiger partial charge in [-0.15, -0.1) is 0 Å². The summed E-state index contributed by atoms with van der Waals surface area (Å²) in [5.41, 5.74) is 1.99. The number of aliphatic carboxylic acids is 1. The van der Waals surface area contributed by atoms with Crippen LogP contribution in [0.15, 0.2) is 29.8 Å². The van der Waals surface area contributed by atoms with E-state index in [9.17, 15) is 4.79 Å². The van der Waals surface area contributed by atoms with Crippen LogP contribution in [0.5, 0.6) is 5.75 Å². The Hall–Kier alpha value is -1.48. The largest absolute Gasteiger partial charge is 0.495 e. The molecule has 1 aliphatic rings. The first-order valence-corrected chi connectivity index (χ1v) is 6.23. The molecular weight excluding hydrogens is 252 g/mol. The van der Waals surface area contributed by atoms with Crippen molar-refractivity contribution in [3.63, 3.8) is 0 Å². The van der Waals surface area contributed by atoms with Gasteiger partial charge in [0.15, 0.2) is 0 Å². The molecule has 1 saturated carbocycles. The predicted molar refractivity (Wildman–Crippen MR) is 70.2 cm³/mol. The number of hydrogen-bond donors (Lipinski definition) is 1. The number of halogens is 1. The molecular formula is C14H15ClO3. The van der Waals surface area contributed by atoms with Crippen molar-refractivity contribution in [3.05, 3.63) is 40.4 Å². The maximum atomic E-state index is 10.8. The molecule has 96 valence electrons. The second-order valence-electron chi connectivity index (χ2n) is 4.48. The maximum absolute atomic E-state index is 10.8. The van der Waals surface area contributed by atoms with Gasteiger partial charge in [-0.1, -0.05) is 23.2 Å². The Balaban J connectivity index is 2.16. The molecule has 0 bridgehead atoms. The van der Waals surface area contributed by atoms with Gasteiger partial charge in [-0.05, 0) is 42.9 Å². The van der Waals surface area contributed by atoms with Crippen LogP contribution in [-0.2, 0) is 11.2 Å². The number of ether oxygens (including phenoxy) is 1. The number of benzene rings is 1. The van der Waals surface area contributed by atoms with Crippen LogP contribution in [0.4, 0.5) is 0 Å². The molecule has 0 amide bonds. The zero-order valence-electron chi connectivity index (χ0n) is 10.1. The first-order chi connectivity index (χ1) is 8.60.